The molecule has 1 aliphatic heterocycles. The summed E-state index contributed by atoms with van der Waals surface area (Å²) in [5, 5.41) is 0.690. The summed E-state index contributed by atoms with van der Waals surface area (Å²) in [7, 11) is 0. The van der Waals surface area contributed by atoms with Crippen molar-refractivity contribution >= 4 is 23.1 Å². The van der Waals surface area contributed by atoms with E-state index in [0.29, 0.717) is 10.8 Å². The lowest BCUT2D eigenvalue weighted by Crippen LogP contribution is -2.46. The third-order valence-electron chi connectivity index (χ3n) is 3.81. The number of halogens is 1. The number of anilines is 2. The van der Waals surface area contributed by atoms with Gasteiger partial charge < -0.3 is 10.6 Å². The molecule has 0 aliphatic carbocycles. The average molecular weight is 303 g/mol. The molecule has 1 fully saturated rings. The number of nitrogens with two attached hydrogens (primary N) is 1. The third kappa shape index (κ3) is 3.46. The lowest BCUT2D eigenvalue weighted by atomic mass is 10.2. The van der Waals surface area contributed by atoms with Gasteiger partial charge >= 0.3 is 0 Å². The molecule has 1 saturated heterocycles. The van der Waals surface area contributed by atoms with Gasteiger partial charge in [0.15, 0.2) is 0 Å². The number of aromatic nitrogens is 1. The van der Waals surface area contributed by atoms with Crippen LogP contribution in [0.3, 0.4) is 0 Å². The van der Waals surface area contributed by atoms with Crippen molar-refractivity contribution in [3.8, 4) is 0 Å². The second-order valence-corrected chi connectivity index (χ2v) is 5.67. The maximum Gasteiger partial charge on any atom is 0.123 e. The van der Waals surface area contributed by atoms with Crippen molar-refractivity contribution in [2.24, 2.45) is 0 Å². The molecule has 0 radical (unpaired) electrons. The zero-order chi connectivity index (χ0) is 14.7. The van der Waals surface area contributed by atoms with E-state index in [4.69, 9.17) is 17.3 Å². The molecule has 110 valence electrons. The standard InChI is InChI=1S/C16H19ClN4/c17-14-6-7-16(18)19-15(14)12-20-8-10-21(11-9-20)13-4-2-1-3-5-13/h1-7H,8-12H2,(H2,18,19). The Labute approximate surface area is 130 Å². The van der Waals surface area contributed by atoms with Crippen molar-refractivity contribution in [3.63, 3.8) is 0 Å². The van der Waals surface area contributed by atoms with E-state index in [-0.39, 0.29) is 0 Å². The van der Waals surface area contributed by atoms with Crippen LogP contribution in [-0.4, -0.2) is 36.1 Å². The van der Waals surface area contributed by atoms with E-state index in [0.717, 1.165) is 38.4 Å². The highest BCUT2D eigenvalue weighted by atomic mass is 35.5. The van der Waals surface area contributed by atoms with Gasteiger partial charge in [0.25, 0.3) is 0 Å². The van der Waals surface area contributed by atoms with Crippen molar-refractivity contribution in [2.45, 2.75) is 6.54 Å². The van der Waals surface area contributed by atoms with Gasteiger partial charge in [0.2, 0.25) is 0 Å². The highest BCUT2D eigenvalue weighted by Crippen LogP contribution is 2.20. The molecule has 0 unspecified atom stereocenters. The molecule has 3 rings (SSSR count). The SMILES string of the molecule is Nc1ccc(Cl)c(CN2CCN(c3ccccc3)CC2)n1. The highest BCUT2D eigenvalue weighted by molar-refractivity contribution is 6.31. The Balaban J connectivity index is 1.60. The second-order valence-electron chi connectivity index (χ2n) is 5.26. The van der Waals surface area contributed by atoms with Gasteiger partial charge in [-0.1, -0.05) is 29.8 Å². The summed E-state index contributed by atoms with van der Waals surface area (Å²) in [6.45, 7) is 4.80. The molecule has 5 heteroatoms. The number of pyridine rings is 1. The van der Waals surface area contributed by atoms with Gasteiger partial charge in [0, 0.05) is 38.4 Å². The summed E-state index contributed by atoms with van der Waals surface area (Å²) < 4.78 is 0. The predicted molar refractivity (Wildman–Crippen MR) is 87.6 cm³/mol. The summed E-state index contributed by atoms with van der Waals surface area (Å²) >= 11 is 6.18. The minimum absolute atomic E-state index is 0.525. The number of nitrogen functional groups attached to an aromatic ring is 1. The van der Waals surface area contributed by atoms with Crippen molar-refractivity contribution in [2.75, 3.05) is 36.8 Å². The molecule has 0 spiro atoms. The van der Waals surface area contributed by atoms with E-state index < -0.39 is 0 Å². The minimum atomic E-state index is 0.525. The number of piperazine rings is 1. The second kappa shape index (κ2) is 6.33. The zero-order valence-corrected chi connectivity index (χ0v) is 12.6. The third-order valence-corrected chi connectivity index (χ3v) is 4.15. The molecular weight excluding hydrogens is 284 g/mol. The summed E-state index contributed by atoms with van der Waals surface area (Å²) in [5.41, 5.74) is 7.89. The monoisotopic (exact) mass is 302 g/mol. The van der Waals surface area contributed by atoms with Gasteiger partial charge in [-0.3, -0.25) is 4.90 Å². The molecule has 2 heterocycles. The van der Waals surface area contributed by atoms with Crippen LogP contribution in [0.5, 0.6) is 0 Å². The maximum atomic E-state index is 6.18. The summed E-state index contributed by atoms with van der Waals surface area (Å²) in [6.07, 6.45) is 0. The number of nitrogens with zero attached hydrogens (tertiary/aromatic N) is 3. The van der Waals surface area contributed by atoms with Crippen LogP contribution in [0.15, 0.2) is 42.5 Å². The van der Waals surface area contributed by atoms with Crippen LogP contribution in [-0.2, 0) is 6.54 Å². The van der Waals surface area contributed by atoms with Crippen molar-refractivity contribution in [1.82, 2.24) is 9.88 Å². The Hall–Kier alpha value is -1.78. The lowest BCUT2D eigenvalue weighted by Gasteiger charge is -2.36. The van der Waals surface area contributed by atoms with Crippen molar-refractivity contribution < 1.29 is 0 Å². The summed E-state index contributed by atoms with van der Waals surface area (Å²) in [4.78, 5) is 9.11. The Morgan fingerprint density at radius 3 is 2.43 bits per heavy atom. The van der Waals surface area contributed by atoms with E-state index >= 15 is 0 Å². The van der Waals surface area contributed by atoms with Gasteiger partial charge in [0.1, 0.15) is 5.82 Å². The molecular formula is C16H19ClN4. The molecule has 21 heavy (non-hydrogen) atoms. The van der Waals surface area contributed by atoms with E-state index in [2.05, 4.69) is 39.0 Å². The molecule has 0 saturated carbocycles. The van der Waals surface area contributed by atoms with Crippen LogP contribution in [0.4, 0.5) is 11.5 Å². The zero-order valence-electron chi connectivity index (χ0n) is 11.9. The summed E-state index contributed by atoms with van der Waals surface area (Å²) in [5.74, 6) is 0.525. The normalized spacial score (nSPS) is 16.1. The molecule has 0 bridgehead atoms. The molecule has 1 aromatic carbocycles. The van der Waals surface area contributed by atoms with Crippen molar-refractivity contribution in [3.05, 3.63) is 53.2 Å². The summed E-state index contributed by atoms with van der Waals surface area (Å²) in [6, 6.07) is 14.1. The van der Waals surface area contributed by atoms with Gasteiger partial charge in [0.05, 0.1) is 10.7 Å². The van der Waals surface area contributed by atoms with Gasteiger partial charge in [-0.25, -0.2) is 4.98 Å². The fourth-order valence-corrected chi connectivity index (χ4v) is 2.79. The Kier molecular flexibility index (Phi) is 4.27. The molecule has 0 amide bonds. The van der Waals surface area contributed by atoms with Crippen LogP contribution >= 0.6 is 11.6 Å². The Morgan fingerprint density at radius 1 is 1.00 bits per heavy atom. The maximum absolute atomic E-state index is 6.18. The molecule has 2 aromatic rings. The van der Waals surface area contributed by atoms with E-state index in [1.54, 1.807) is 6.07 Å². The van der Waals surface area contributed by atoms with Crippen LogP contribution in [0.25, 0.3) is 0 Å². The van der Waals surface area contributed by atoms with Gasteiger partial charge in [-0.15, -0.1) is 0 Å². The minimum Gasteiger partial charge on any atom is -0.384 e. The van der Waals surface area contributed by atoms with Crippen LogP contribution in [0.1, 0.15) is 5.69 Å². The number of hydrogen-bond acceptors (Lipinski definition) is 4. The first-order valence-corrected chi connectivity index (χ1v) is 7.53. The van der Waals surface area contributed by atoms with Crippen LogP contribution in [0.2, 0.25) is 5.02 Å². The van der Waals surface area contributed by atoms with Gasteiger partial charge in [-0.05, 0) is 24.3 Å². The Bertz CT molecular complexity index is 594. The molecule has 2 N–H and O–H groups in total. The lowest BCUT2D eigenvalue weighted by molar-refractivity contribution is 0.247. The quantitative estimate of drug-likeness (QED) is 0.947. The highest BCUT2D eigenvalue weighted by Gasteiger charge is 2.18. The van der Waals surface area contributed by atoms with Crippen molar-refractivity contribution in [1.29, 1.82) is 0 Å². The molecule has 1 aromatic heterocycles. The van der Waals surface area contributed by atoms with Crippen LogP contribution < -0.4 is 10.6 Å². The fourth-order valence-electron chi connectivity index (χ4n) is 2.63. The van der Waals surface area contributed by atoms with E-state index in [9.17, 15) is 0 Å². The van der Waals surface area contributed by atoms with Gasteiger partial charge in [-0.2, -0.15) is 0 Å². The number of para-hydroxylation sites is 1. The van der Waals surface area contributed by atoms with E-state index in [1.165, 1.54) is 5.69 Å². The number of rotatable bonds is 3. The largest absolute Gasteiger partial charge is 0.384 e. The molecule has 1 aliphatic rings. The average Bonchev–Trinajstić information content (AvgIpc) is 2.53. The predicted octanol–water partition coefficient (Wildman–Crippen LogP) is 2.64. The first-order valence-electron chi connectivity index (χ1n) is 7.15. The topological polar surface area (TPSA) is 45.4 Å². The molecule has 0 atom stereocenters. The fraction of sp³-hybridized carbons (Fsp3) is 0.312. The van der Waals surface area contributed by atoms with Crippen LogP contribution in [0, 0.1) is 0 Å². The number of hydrogen-bond donors (Lipinski definition) is 1. The Morgan fingerprint density at radius 2 is 1.71 bits per heavy atom. The first-order chi connectivity index (χ1) is 10.2. The number of benzene rings is 1. The first kappa shape index (κ1) is 14.2. The van der Waals surface area contributed by atoms with E-state index in [1.807, 2.05) is 12.1 Å². The smallest absolute Gasteiger partial charge is 0.123 e. The molecule has 4 nitrogen and oxygen atoms in total.